The van der Waals surface area contributed by atoms with Gasteiger partial charge in [-0.15, -0.1) is 0 Å². The molecule has 4 nitrogen and oxygen atoms in total. The van der Waals surface area contributed by atoms with Gasteiger partial charge in [0.15, 0.2) is 0 Å². The van der Waals surface area contributed by atoms with E-state index < -0.39 is 5.60 Å². The van der Waals surface area contributed by atoms with Crippen LogP contribution in [0.15, 0.2) is 0 Å². The lowest BCUT2D eigenvalue weighted by atomic mass is 10.2. The van der Waals surface area contributed by atoms with Crippen LogP contribution in [0.3, 0.4) is 0 Å². The number of carbonyl (C=O) groups is 1. The molecule has 0 unspecified atom stereocenters. The zero-order valence-electron chi connectivity index (χ0n) is 9.10. The normalized spacial score (nSPS) is 13.6. The summed E-state index contributed by atoms with van der Waals surface area (Å²) in [6, 6.07) is 0.257. The molecule has 0 fully saturated rings. The largest absolute Gasteiger partial charge is 0.444 e. The Kier molecular flexibility index (Phi) is 4.77. The topological polar surface area (TPSA) is 50.4 Å². The number of amides is 1. The standard InChI is InChI=1S/C9H20N2O2/c1-7(10-5)6-11-8(12)13-9(2,3)4/h7,10H,6H2,1-5H3,(H,11,12)/t7-/m0/s1. The Morgan fingerprint density at radius 1 is 1.46 bits per heavy atom. The van der Waals surface area contributed by atoms with E-state index in [1.807, 2.05) is 34.7 Å². The monoisotopic (exact) mass is 188 g/mol. The minimum absolute atomic E-state index is 0.257. The molecule has 1 atom stereocenters. The van der Waals surface area contributed by atoms with Crippen LogP contribution >= 0.6 is 0 Å². The van der Waals surface area contributed by atoms with Gasteiger partial charge >= 0.3 is 6.09 Å². The molecule has 0 aliphatic heterocycles. The Labute approximate surface area is 80.0 Å². The second-order valence-corrected chi connectivity index (χ2v) is 4.07. The third kappa shape index (κ3) is 7.59. The van der Waals surface area contributed by atoms with Crippen LogP contribution in [-0.2, 0) is 4.74 Å². The highest BCUT2D eigenvalue weighted by Gasteiger charge is 2.15. The van der Waals surface area contributed by atoms with Gasteiger partial charge in [0.05, 0.1) is 0 Å². The molecule has 0 aromatic heterocycles. The average molecular weight is 188 g/mol. The van der Waals surface area contributed by atoms with Crippen molar-refractivity contribution in [3.8, 4) is 0 Å². The summed E-state index contributed by atoms with van der Waals surface area (Å²) in [7, 11) is 1.85. The Morgan fingerprint density at radius 2 is 2.00 bits per heavy atom. The number of hydrogen-bond acceptors (Lipinski definition) is 3. The molecule has 0 aromatic rings. The fourth-order valence-corrected chi connectivity index (χ4v) is 0.653. The molecule has 0 spiro atoms. The molecule has 0 saturated heterocycles. The lowest BCUT2D eigenvalue weighted by molar-refractivity contribution is 0.0524. The number of likely N-dealkylation sites (N-methyl/N-ethyl adjacent to an activating group) is 1. The van der Waals surface area contributed by atoms with Gasteiger partial charge in [0.25, 0.3) is 0 Å². The van der Waals surface area contributed by atoms with Crippen molar-refractivity contribution < 1.29 is 9.53 Å². The van der Waals surface area contributed by atoms with E-state index in [1.54, 1.807) is 0 Å². The molecule has 0 bridgehead atoms. The second kappa shape index (κ2) is 5.07. The predicted octanol–water partition coefficient (Wildman–Crippen LogP) is 1.12. The number of ether oxygens (including phenoxy) is 1. The second-order valence-electron chi connectivity index (χ2n) is 4.07. The molecule has 0 aliphatic carbocycles. The maximum absolute atomic E-state index is 11.1. The van der Waals surface area contributed by atoms with E-state index in [4.69, 9.17) is 4.74 Å². The highest BCUT2D eigenvalue weighted by atomic mass is 16.6. The van der Waals surface area contributed by atoms with Crippen LogP contribution in [0.1, 0.15) is 27.7 Å². The molecule has 0 radical (unpaired) electrons. The molecule has 13 heavy (non-hydrogen) atoms. The fraction of sp³-hybridized carbons (Fsp3) is 0.889. The van der Waals surface area contributed by atoms with Crippen molar-refractivity contribution in [3.63, 3.8) is 0 Å². The fourth-order valence-electron chi connectivity index (χ4n) is 0.653. The van der Waals surface area contributed by atoms with E-state index in [0.29, 0.717) is 6.54 Å². The van der Waals surface area contributed by atoms with Crippen molar-refractivity contribution in [3.05, 3.63) is 0 Å². The molecule has 0 aromatic carbocycles. The van der Waals surface area contributed by atoms with Gasteiger partial charge in [-0.25, -0.2) is 4.79 Å². The summed E-state index contributed by atoms with van der Waals surface area (Å²) in [5, 5.41) is 5.68. The quantitative estimate of drug-likeness (QED) is 0.697. The molecule has 78 valence electrons. The zero-order chi connectivity index (χ0) is 10.5. The first-order valence-electron chi connectivity index (χ1n) is 4.49. The maximum atomic E-state index is 11.1. The summed E-state index contributed by atoms with van der Waals surface area (Å²) in [5.74, 6) is 0. The number of hydrogen-bond donors (Lipinski definition) is 2. The number of nitrogens with one attached hydrogen (secondary N) is 2. The van der Waals surface area contributed by atoms with Crippen molar-refractivity contribution in [2.24, 2.45) is 0 Å². The van der Waals surface area contributed by atoms with E-state index in [-0.39, 0.29) is 12.1 Å². The molecule has 0 aliphatic rings. The smallest absolute Gasteiger partial charge is 0.407 e. The van der Waals surface area contributed by atoms with E-state index in [9.17, 15) is 4.79 Å². The van der Waals surface area contributed by atoms with Crippen molar-refractivity contribution >= 4 is 6.09 Å². The summed E-state index contributed by atoms with van der Waals surface area (Å²) < 4.78 is 5.05. The van der Waals surface area contributed by atoms with Crippen molar-refractivity contribution in [1.82, 2.24) is 10.6 Å². The average Bonchev–Trinajstić information content (AvgIpc) is 1.97. The molecular weight excluding hydrogens is 168 g/mol. The summed E-state index contributed by atoms with van der Waals surface area (Å²) in [4.78, 5) is 11.1. The van der Waals surface area contributed by atoms with Gasteiger partial charge in [-0.05, 0) is 34.7 Å². The molecule has 0 saturated carbocycles. The van der Waals surface area contributed by atoms with Crippen molar-refractivity contribution in [2.45, 2.75) is 39.3 Å². The highest BCUT2D eigenvalue weighted by Crippen LogP contribution is 2.06. The summed E-state index contributed by atoms with van der Waals surface area (Å²) >= 11 is 0. The van der Waals surface area contributed by atoms with Crippen LogP contribution in [-0.4, -0.2) is 31.3 Å². The first-order chi connectivity index (χ1) is 5.85. The van der Waals surface area contributed by atoms with Crippen LogP contribution in [0.4, 0.5) is 4.79 Å². The van der Waals surface area contributed by atoms with Crippen LogP contribution in [0.2, 0.25) is 0 Å². The third-order valence-corrected chi connectivity index (χ3v) is 1.44. The first-order valence-corrected chi connectivity index (χ1v) is 4.49. The van der Waals surface area contributed by atoms with Crippen molar-refractivity contribution in [2.75, 3.05) is 13.6 Å². The van der Waals surface area contributed by atoms with Crippen molar-refractivity contribution in [1.29, 1.82) is 0 Å². The Hall–Kier alpha value is -0.770. The predicted molar refractivity (Wildman–Crippen MR) is 52.8 cm³/mol. The van der Waals surface area contributed by atoms with Gasteiger partial charge in [-0.1, -0.05) is 0 Å². The molecular formula is C9H20N2O2. The Morgan fingerprint density at radius 3 is 2.38 bits per heavy atom. The Bertz CT molecular complexity index is 163. The van der Waals surface area contributed by atoms with Gasteiger partial charge in [-0.2, -0.15) is 0 Å². The summed E-state index contributed by atoms with van der Waals surface area (Å²) in [5.41, 5.74) is -0.424. The number of rotatable bonds is 3. The molecule has 2 N–H and O–H groups in total. The minimum Gasteiger partial charge on any atom is -0.444 e. The number of carbonyl (C=O) groups excluding carboxylic acids is 1. The van der Waals surface area contributed by atoms with Gasteiger partial charge in [0.1, 0.15) is 5.60 Å². The van der Waals surface area contributed by atoms with Gasteiger partial charge < -0.3 is 15.4 Å². The van der Waals surface area contributed by atoms with E-state index in [2.05, 4.69) is 10.6 Å². The van der Waals surface area contributed by atoms with Crippen LogP contribution in [0.25, 0.3) is 0 Å². The molecule has 0 rings (SSSR count). The maximum Gasteiger partial charge on any atom is 0.407 e. The van der Waals surface area contributed by atoms with Crippen LogP contribution in [0.5, 0.6) is 0 Å². The molecule has 4 heteroatoms. The SMILES string of the molecule is CN[C@@H](C)CNC(=O)OC(C)(C)C. The first kappa shape index (κ1) is 12.2. The summed E-state index contributed by atoms with van der Waals surface area (Å²) in [6.07, 6.45) is -0.366. The highest BCUT2D eigenvalue weighted by molar-refractivity contribution is 5.67. The van der Waals surface area contributed by atoms with E-state index >= 15 is 0 Å². The van der Waals surface area contributed by atoms with Crippen LogP contribution in [0, 0.1) is 0 Å². The third-order valence-electron chi connectivity index (χ3n) is 1.44. The summed E-state index contributed by atoms with van der Waals surface area (Å²) in [6.45, 7) is 8.08. The minimum atomic E-state index is -0.424. The van der Waals surface area contributed by atoms with Gasteiger partial charge in [0, 0.05) is 12.6 Å². The van der Waals surface area contributed by atoms with E-state index in [0.717, 1.165) is 0 Å². The Balaban J connectivity index is 3.64. The molecule has 0 heterocycles. The van der Waals surface area contributed by atoms with Gasteiger partial charge in [0.2, 0.25) is 0 Å². The molecule has 1 amide bonds. The van der Waals surface area contributed by atoms with E-state index in [1.165, 1.54) is 0 Å². The lowest BCUT2D eigenvalue weighted by Gasteiger charge is -2.20. The van der Waals surface area contributed by atoms with Crippen LogP contribution < -0.4 is 10.6 Å². The zero-order valence-corrected chi connectivity index (χ0v) is 9.10. The van der Waals surface area contributed by atoms with Gasteiger partial charge in [-0.3, -0.25) is 0 Å². The lowest BCUT2D eigenvalue weighted by Crippen LogP contribution is -2.39. The number of alkyl carbamates (subject to hydrolysis) is 1.